The van der Waals surface area contributed by atoms with Crippen LogP contribution in [-0.2, 0) is 4.74 Å². The molecule has 0 radical (unpaired) electrons. The van der Waals surface area contributed by atoms with Crippen LogP contribution in [0.15, 0.2) is 48.6 Å². The first-order valence-electron chi connectivity index (χ1n) is 4.93. The highest BCUT2D eigenvalue weighted by Crippen LogP contribution is 2.32. The quantitative estimate of drug-likeness (QED) is 0.750. The van der Waals surface area contributed by atoms with Gasteiger partial charge in [-0.3, -0.25) is 0 Å². The lowest BCUT2D eigenvalue weighted by atomic mass is 10.0. The van der Waals surface area contributed by atoms with E-state index in [0.29, 0.717) is 6.61 Å². The Balaban J connectivity index is 2.29. The van der Waals surface area contributed by atoms with Crippen LogP contribution in [0, 0.1) is 0 Å². The van der Waals surface area contributed by atoms with Gasteiger partial charge in [0.2, 0.25) is 0 Å². The van der Waals surface area contributed by atoms with Crippen LogP contribution in [0.1, 0.15) is 11.7 Å². The van der Waals surface area contributed by atoms with Gasteiger partial charge < -0.3 is 9.47 Å². The molecule has 1 aromatic carbocycles. The second-order valence-electron chi connectivity index (χ2n) is 3.40. The Morgan fingerprint density at radius 3 is 3.13 bits per heavy atom. The van der Waals surface area contributed by atoms with Crippen molar-refractivity contribution in [2.24, 2.45) is 0 Å². The van der Waals surface area contributed by atoms with Gasteiger partial charge in [0, 0.05) is 0 Å². The number of rotatable bonds is 3. The Morgan fingerprint density at radius 1 is 1.53 bits per heavy atom. The van der Waals surface area contributed by atoms with Crippen LogP contribution in [0.2, 0.25) is 0 Å². The van der Waals surface area contributed by atoms with Crippen LogP contribution in [0.5, 0.6) is 5.75 Å². The molecule has 1 atom stereocenters. The van der Waals surface area contributed by atoms with Crippen molar-refractivity contribution in [3.8, 4) is 5.75 Å². The van der Waals surface area contributed by atoms with E-state index in [-0.39, 0.29) is 6.10 Å². The molecule has 0 saturated heterocycles. The Hall–Kier alpha value is -1.54. The molecule has 0 aliphatic carbocycles. The molecule has 0 aromatic heterocycles. The molecule has 0 bridgehead atoms. The van der Waals surface area contributed by atoms with Crippen LogP contribution in [0.3, 0.4) is 0 Å². The molecule has 2 rings (SSSR count). The standard InChI is InChI=1S/C13H14O2/c1-3-10-7-8-15-13(10)11-5-4-6-12(9-11)14-2/h3-7,9,13H,1,8H2,2H3. The molecule has 1 unspecified atom stereocenters. The Kier molecular flexibility index (Phi) is 2.88. The summed E-state index contributed by atoms with van der Waals surface area (Å²) in [5.41, 5.74) is 2.24. The van der Waals surface area contributed by atoms with Crippen molar-refractivity contribution in [2.75, 3.05) is 13.7 Å². The minimum Gasteiger partial charge on any atom is -0.497 e. The molecule has 1 aliphatic rings. The number of ether oxygens (including phenoxy) is 2. The van der Waals surface area contributed by atoms with Crippen LogP contribution in [0.25, 0.3) is 0 Å². The van der Waals surface area contributed by atoms with Crippen LogP contribution >= 0.6 is 0 Å². The SMILES string of the molecule is C=CC1=CCOC1c1cccc(OC)c1. The summed E-state index contributed by atoms with van der Waals surface area (Å²) in [5, 5.41) is 0. The maximum absolute atomic E-state index is 5.62. The first-order valence-corrected chi connectivity index (χ1v) is 4.93. The van der Waals surface area contributed by atoms with Gasteiger partial charge in [-0.25, -0.2) is 0 Å². The molecular formula is C13H14O2. The second-order valence-corrected chi connectivity index (χ2v) is 3.40. The molecule has 0 amide bonds. The lowest BCUT2D eigenvalue weighted by Gasteiger charge is -2.13. The third-order valence-electron chi connectivity index (χ3n) is 2.52. The van der Waals surface area contributed by atoms with E-state index < -0.39 is 0 Å². The highest BCUT2D eigenvalue weighted by Gasteiger charge is 2.19. The van der Waals surface area contributed by atoms with Crippen LogP contribution < -0.4 is 4.74 Å². The van der Waals surface area contributed by atoms with Gasteiger partial charge in [0.1, 0.15) is 11.9 Å². The van der Waals surface area contributed by atoms with E-state index in [2.05, 4.69) is 12.7 Å². The monoisotopic (exact) mass is 202 g/mol. The van der Waals surface area contributed by atoms with Crippen molar-refractivity contribution in [3.63, 3.8) is 0 Å². The molecule has 78 valence electrons. The molecule has 2 nitrogen and oxygen atoms in total. The minimum atomic E-state index is 0.0117. The predicted molar refractivity (Wildman–Crippen MR) is 60.0 cm³/mol. The largest absolute Gasteiger partial charge is 0.497 e. The van der Waals surface area contributed by atoms with Crippen molar-refractivity contribution < 1.29 is 9.47 Å². The fourth-order valence-corrected chi connectivity index (χ4v) is 1.73. The van der Waals surface area contributed by atoms with Gasteiger partial charge in [0.25, 0.3) is 0 Å². The van der Waals surface area contributed by atoms with E-state index in [9.17, 15) is 0 Å². The molecule has 15 heavy (non-hydrogen) atoms. The van der Waals surface area contributed by atoms with E-state index in [1.165, 1.54) is 0 Å². The van der Waals surface area contributed by atoms with Gasteiger partial charge in [0.05, 0.1) is 13.7 Å². The van der Waals surface area contributed by atoms with E-state index in [4.69, 9.17) is 9.47 Å². The normalized spacial score (nSPS) is 19.8. The highest BCUT2D eigenvalue weighted by atomic mass is 16.5. The van der Waals surface area contributed by atoms with Gasteiger partial charge in [-0.15, -0.1) is 0 Å². The number of hydrogen-bond donors (Lipinski definition) is 0. The lowest BCUT2D eigenvalue weighted by Crippen LogP contribution is -2.00. The predicted octanol–water partition coefficient (Wildman–Crippen LogP) is 2.88. The summed E-state index contributed by atoms with van der Waals surface area (Å²) < 4.78 is 10.8. The topological polar surface area (TPSA) is 18.5 Å². The van der Waals surface area contributed by atoms with Gasteiger partial charge in [-0.05, 0) is 23.3 Å². The number of methoxy groups -OCH3 is 1. The van der Waals surface area contributed by atoms with Gasteiger partial charge in [-0.1, -0.05) is 30.9 Å². The third-order valence-corrected chi connectivity index (χ3v) is 2.52. The Morgan fingerprint density at radius 2 is 2.40 bits per heavy atom. The first-order chi connectivity index (χ1) is 7.35. The minimum absolute atomic E-state index is 0.0117. The van der Waals surface area contributed by atoms with E-state index in [1.807, 2.05) is 30.3 Å². The summed E-state index contributed by atoms with van der Waals surface area (Å²) in [7, 11) is 1.67. The molecular weight excluding hydrogens is 188 g/mol. The fraction of sp³-hybridized carbons (Fsp3) is 0.231. The van der Waals surface area contributed by atoms with Crippen molar-refractivity contribution in [1.29, 1.82) is 0 Å². The number of hydrogen-bond acceptors (Lipinski definition) is 2. The summed E-state index contributed by atoms with van der Waals surface area (Å²) in [5.74, 6) is 0.853. The molecule has 0 fully saturated rings. The van der Waals surface area contributed by atoms with Gasteiger partial charge in [0.15, 0.2) is 0 Å². The number of benzene rings is 1. The summed E-state index contributed by atoms with van der Waals surface area (Å²) in [6.07, 6.45) is 3.91. The van der Waals surface area contributed by atoms with Crippen molar-refractivity contribution in [2.45, 2.75) is 6.10 Å². The second kappa shape index (κ2) is 4.32. The summed E-state index contributed by atoms with van der Waals surface area (Å²) in [6, 6.07) is 7.93. The average Bonchev–Trinajstić information content (AvgIpc) is 2.77. The zero-order valence-electron chi connectivity index (χ0n) is 8.77. The molecule has 0 N–H and O–H groups in total. The molecule has 0 saturated carbocycles. The smallest absolute Gasteiger partial charge is 0.119 e. The highest BCUT2D eigenvalue weighted by molar-refractivity contribution is 5.38. The lowest BCUT2D eigenvalue weighted by molar-refractivity contribution is 0.125. The zero-order valence-corrected chi connectivity index (χ0v) is 8.77. The maximum atomic E-state index is 5.62. The maximum Gasteiger partial charge on any atom is 0.119 e. The van der Waals surface area contributed by atoms with Crippen molar-refractivity contribution >= 4 is 0 Å². The van der Waals surface area contributed by atoms with Crippen molar-refractivity contribution in [1.82, 2.24) is 0 Å². The van der Waals surface area contributed by atoms with Crippen LogP contribution in [0.4, 0.5) is 0 Å². The Labute approximate surface area is 89.8 Å². The average molecular weight is 202 g/mol. The molecule has 1 aliphatic heterocycles. The molecule has 1 aromatic rings. The molecule has 1 heterocycles. The summed E-state index contributed by atoms with van der Waals surface area (Å²) in [4.78, 5) is 0. The van der Waals surface area contributed by atoms with Gasteiger partial charge >= 0.3 is 0 Å². The Bertz CT molecular complexity index is 393. The molecule has 0 spiro atoms. The molecule has 2 heteroatoms. The van der Waals surface area contributed by atoms with E-state index >= 15 is 0 Å². The van der Waals surface area contributed by atoms with Crippen LogP contribution in [-0.4, -0.2) is 13.7 Å². The first kappa shape index (κ1) is 9.99. The third kappa shape index (κ3) is 1.95. The fourth-order valence-electron chi connectivity index (χ4n) is 1.73. The summed E-state index contributed by atoms with van der Waals surface area (Å²) >= 11 is 0. The summed E-state index contributed by atoms with van der Waals surface area (Å²) in [6.45, 7) is 4.44. The zero-order chi connectivity index (χ0) is 10.7. The van der Waals surface area contributed by atoms with Gasteiger partial charge in [-0.2, -0.15) is 0 Å². The van der Waals surface area contributed by atoms with Crippen molar-refractivity contribution in [3.05, 3.63) is 54.1 Å². The van der Waals surface area contributed by atoms with E-state index in [0.717, 1.165) is 16.9 Å². The van der Waals surface area contributed by atoms with E-state index in [1.54, 1.807) is 7.11 Å².